The molecule has 0 rings (SSSR count). The van der Waals surface area contributed by atoms with Gasteiger partial charge in [-0.15, -0.1) is 23.2 Å². The molecular weight excluding hydrogens is 317 g/mol. The molecule has 0 bridgehead atoms. The third-order valence-corrected chi connectivity index (χ3v) is 3.44. The van der Waals surface area contributed by atoms with Gasteiger partial charge in [0.25, 0.3) is 0 Å². The fourth-order valence-electron chi connectivity index (χ4n) is 0.126. The molecule has 4 atom stereocenters. The minimum atomic E-state index is -3.04. The molecule has 0 saturated carbocycles. The molecule has 88 valence electrons. The van der Waals surface area contributed by atoms with Gasteiger partial charge in [0.1, 0.15) is 11.7 Å². The van der Waals surface area contributed by atoms with Crippen LogP contribution in [0.3, 0.4) is 0 Å². The van der Waals surface area contributed by atoms with E-state index < -0.39 is 27.7 Å². The Kier molecular flexibility index (Phi) is 21.1. The smallest absolute Gasteiger partial charge is 0.800 e. The molecule has 2 N–H and O–H groups in total. The van der Waals surface area contributed by atoms with Crippen molar-refractivity contribution in [2.75, 3.05) is 11.8 Å². The Labute approximate surface area is 128 Å². The van der Waals surface area contributed by atoms with E-state index in [1.165, 1.54) is 0 Å². The fraction of sp³-hybridized carbons (Fsp3) is 1.00. The van der Waals surface area contributed by atoms with E-state index in [0.717, 1.165) is 0 Å². The van der Waals surface area contributed by atoms with Gasteiger partial charge in [0, 0.05) is 16.1 Å². The second kappa shape index (κ2) is 14.2. The molecule has 0 aliphatic carbocycles. The summed E-state index contributed by atoms with van der Waals surface area (Å²) in [5, 5.41) is 16.4. The first-order chi connectivity index (χ1) is 6.36. The maximum atomic E-state index is 9.67. The van der Waals surface area contributed by atoms with Gasteiger partial charge in [-0.3, -0.25) is 0 Å². The molecule has 4 unspecified atom stereocenters. The van der Waals surface area contributed by atoms with Crippen LogP contribution in [0, 0.1) is 0 Å². The van der Waals surface area contributed by atoms with E-state index in [-0.39, 0.29) is 49.5 Å². The first kappa shape index (κ1) is 22.3. The SMILES string of the molecule is O=[PH]([O-])C(O)CCl.O=[PH]([O-])C(O)CCl.[Ca+2]. The summed E-state index contributed by atoms with van der Waals surface area (Å²) in [4.78, 5) is 19.3. The standard InChI is InChI=1S/2C2H6ClO3P.Ca/c2*3-1-2(4)7(5)6;/h2*2,4,7H,1H2,(H,5,6);/q;;+2/p-2. The Bertz CT molecular complexity index is 176. The molecule has 0 spiro atoms. The zero-order valence-corrected chi connectivity index (χ0v) is 13.3. The minimum Gasteiger partial charge on any atom is -0.800 e. The Morgan fingerprint density at radius 2 is 1.20 bits per heavy atom. The molecule has 0 aromatic carbocycles. The van der Waals surface area contributed by atoms with Crippen LogP contribution in [0.25, 0.3) is 0 Å². The fourth-order valence-corrected chi connectivity index (χ4v) is 1.13. The van der Waals surface area contributed by atoms with E-state index in [1.807, 2.05) is 0 Å². The van der Waals surface area contributed by atoms with Gasteiger partial charge < -0.3 is 29.1 Å². The quantitative estimate of drug-likeness (QED) is 0.364. The van der Waals surface area contributed by atoms with Crippen molar-refractivity contribution >= 4 is 77.0 Å². The van der Waals surface area contributed by atoms with Gasteiger partial charge in [0.15, 0.2) is 0 Å². The molecule has 0 aliphatic heterocycles. The molecule has 0 aromatic rings. The summed E-state index contributed by atoms with van der Waals surface area (Å²) >= 11 is 9.84. The summed E-state index contributed by atoms with van der Waals surface area (Å²) < 4.78 is 19.3. The molecule has 0 fully saturated rings. The molecule has 0 saturated heterocycles. The molecule has 15 heavy (non-hydrogen) atoms. The van der Waals surface area contributed by atoms with Gasteiger partial charge >= 0.3 is 37.7 Å². The van der Waals surface area contributed by atoms with E-state index in [1.54, 1.807) is 0 Å². The topological polar surface area (TPSA) is 121 Å². The Hall–Kier alpha value is 2.14. The van der Waals surface area contributed by atoms with E-state index >= 15 is 0 Å². The van der Waals surface area contributed by atoms with E-state index in [4.69, 9.17) is 33.4 Å². The van der Waals surface area contributed by atoms with Crippen molar-refractivity contribution in [2.24, 2.45) is 0 Å². The van der Waals surface area contributed by atoms with Gasteiger partial charge in [0.2, 0.25) is 0 Å². The minimum absolute atomic E-state index is 0. The monoisotopic (exact) mass is 326 g/mol. The normalized spacial score (nSPS) is 17.5. The zero-order valence-electron chi connectivity index (χ0n) is 7.56. The number of halogens is 2. The van der Waals surface area contributed by atoms with Crippen molar-refractivity contribution in [2.45, 2.75) is 11.7 Å². The molecule has 0 radical (unpaired) electrons. The summed E-state index contributed by atoms with van der Waals surface area (Å²) in [6.07, 6.45) is 0. The van der Waals surface area contributed by atoms with E-state index in [0.29, 0.717) is 0 Å². The Balaban J connectivity index is -0.000000180. The van der Waals surface area contributed by atoms with Gasteiger partial charge in [0.05, 0.1) is 11.8 Å². The summed E-state index contributed by atoms with van der Waals surface area (Å²) in [5.41, 5.74) is 0. The van der Waals surface area contributed by atoms with Crippen molar-refractivity contribution in [1.29, 1.82) is 0 Å². The van der Waals surface area contributed by atoms with Gasteiger partial charge in [-0.25, -0.2) is 0 Å². The van der Waals surface area contributed by atoms with Crippen LogP contribution in [0.5, 0.6) is 0 Å². The van der Waals surface area contributed by atoms with Crippen LogP contribution < -0.4 is 9.79 Å². The first-order valence-corrected chi connectivity index (χ1v) is 7.12. The van der Waals surface area contributed by atoms with E-state index in [2.05, 4.69) is 0 Å². The van der Waals surface area contributed by atoms with Crippen molar-refractivity contribution < 1.29 is 29.1 Å². The number of hydrogen-bond acceptors (Lipinski definition) is 6. The number of alkyl halides is 2. The maximum Gasteiger partial charge on any atom is 2.00 e. The molecule has 0 heterocycles. The molecular formula is C4H10CaCl2O6P2. The average Bonchev–Trinajstić information content (AvgIpc) is 2.15. The molecule has 0 aromatic heterocycles. The predicted molar refractivity (Wildman–Crippen MR) is 57.2 cm³/mol. The van der Waals surface area contributed by atoms with Crippen LogP contribution in [0.4, 0.5) is 0 Å². The largest absolute Gasteiger partial charge is 2.00 e. The van der Waals surface area contributed by atoms with Gasteiger partial charge in [-0.2, -0.15) is 0 Å². The van der Waals surface area contributed by atoms with Gasteiger partial charge in [-0.1, -0.05) is 0 Å². The number of aliphatic hydroxyl groups is 2. The third-order valence-electron chi connectivity index (χ3n) is 0.836. The van der Waals surface area contributed by atoms with Crippen LogP contribution in [0.1, 0.15) is 0 Å². The van der Waals surface area contributed by atoms with Gasteiger partial charge in [-0.05, 0) is 0 Å². The zero-order chi connectivity index (χ0) is 11.7. The van der Waals surface area contributed by atoms with Crippen molar-refractivity contribution in [3.05, 3.63) is 0 Å². The van der Waals surface area contributed by atoms with Crippen molar-refractivity contribution in [1.82, 2.24) is 0 Å². The Morgan fingerprint density at radius 1 is 1.00 bits per heavy atom. The second-order valence-electron chi connectivity index (χ2n) is 1.98. The van der Waals surface area contributed by atoms with Crippen LogP contribution in [-0.2, 0) is 9.13 Å². The summed E-state index contributed by atoms with van der Waals surface area (Å²) in [6.45, 7) is 0. The molecule has 11 heteroatoms. The summed E-state index contributed by atoms with van der Waals surface area (Å²) in [6, 6.07) is 0. The summed E-state index contributed by atoms with van der Waals surface area (Å²) in [5.74, 6) is -3.15. The molecule has 0 aliphatic rings. The van der Waals surface area contributed by atoms with Crippen LogP contribution in [-0.4, -0.2) is 71.4 Å². The average molecular weight is 327 g/mol. The number of aliphatic hydroxyl groups excluding tert-OH is 2. The van der Waals surface area contributed by atoms with Crippen molar-refractivity contribution in [3.8, 4) is 0 Å². The first-order valence-electron chi connectivity index (χ1n) is 3.26. The van der Waals surface area contributed by atoms with Crippen LogP contribution in [0.2, 0.25) is 0 Å². The number of rotatable bonds is 4. The number of hydrogen-bond donors (Lipinski definition) is 2. The summed E-state index contributed by atoms with van der Waals surface area (Å²) in [7, 11) is -6.08. The van der Waals surface area contributed by atoms with E-state index in [9.17, 15) is 18.9 Å². The van der Waals surface area contributed by atoms with Crippen molar-refractivity contribution in [3.63, 3.8) is 0 Å². The molecule has 6 nitrogen and oxygen atoms in total. The maximum absolute atomic E-state index is 9.67. The van der Waals surface area contributed by atoms with Crippen LogP contribution >= 0.6 is 39.3 Å². The molecule has 0 amide bonds. The Morgan fingerprint density at radius 3 is 1.20 bits per heavy atom. The third kappa shape index (κ3) is 16.1. The predicted octanol–water partition coefficient (Wildman–Crippen LogP) is -1.62. The van der Waals surface area contributed by atoms with Crippen LogP contribution in [0.15, 0.2) is 0 Å². The second-order valence-corrected chi connectivity index (χ2v) is 5.20.